The zero-order valence-electron chi connectivity index (χ0n) is 17.0. The molecule has 0 bridgehead atoms. The van der Waals surface area contributed by atoms with Crippen LogP contribution >= 0.6 is 11.8 Å². The van der Waals surface area contributed by atoms with Crippen LogP contribution in [0.15, 0.2) is 48.5 Å². The van der Waals surface area contributed by atoms with Crippen LogP contribution in [0.25, 0.3) is 0 Å². The van der Waals surface area contributed by atoms with Gasteiger partial charge in [-0.3, -0.25) is 14.5 Å². The predicted molar refractivity (Wildman–Crippen MR) is 120 cm³/mol. The van der Waals surface area contributed by atoms with Gasteiger partial charge in [-0.15, -0.1) is 11.8 Å². The highest BCUT2D eigenvalue weighted by molar-refractivity contribution is 8.00. The van der Waals surface area contributed by atoms with Gasteiger partial charge >= 0.3 is 0 Å². The van der Waals surface area contributed by atoms with Gasteiger partial charge in [-0.2, -0.15) is 0 Å². The minimum atomic E-state index is -0.113. The van der Waals surface area contributed by atoms with Crippen LogP contribution in [0.5, 0.6) is 5.75 Å². The Labute approximate surface area is 176 Å². The second-order valence-electron chi connectivity index (χ2n) is 6.96. The molecule has 2 amide bonds. The monoisotopic (exact) mass is 412 g/mol. The molecule has 1 heterocycles. The summed E-state index contributed by atoms with van der Waals surface area (Å²) in [7, 11) is 0. The van der Waals surface area contributed by atoms with Gasteiger partial charge in [0.1, 0.15) is 11.1 Å². The van der Waals surface area contributed by atoms with Crippen LogP contribution in [0.3, 0.4) is 0 Å². The van der Waals surface area contributed by atoms with Crippen LogP contribution in [-0.4, -0.2) is 24.2 Å². The van der Waals surface area contributed by atoms with Crippen molar-refractivity contribution in [2.75, 3.05) is 22.6 Å². The van der Waals surface area contributed by atoms with Crippen LogP contribution in [0.2, 0.25) is 0 Å². The Balaban J connectivity index is 1.74. The molecule has 0 saturated carbocycles. The molecule has 0 aromatic heterocycles. The van der Waals surface area contributed by atoms with E-state index in [0.717, 1.165) is 36.2 Å². The molecule has 0 spiro atoms. The Morgan fingerprint density at radius 1 is 1.14 bits per heavy atom. The summed E-state index contributed by atoms with van der Waals surface area (Å²) in [5, 5.41) is 2.84. The van der Waals surface area contributed by atoms with E-state index in [1.807, 2.05) is 60.4 Å². The van der Waals surface area contributed by atoms with Gasteiger partial charge in [0.2, 0.25) is 11.8 Å². The lowest BCUT2D eigenvalue weighted by Crippen LogP contribution is -2.28. The largest absolute Gasteiger partial charge is 0.492 e. The van der Waals surface area contributed by atoms with Crippen LogP contribution in [-0.2, 0) is 9.59 Å². The van der Waals surface area contributed by atoms with Crippen LogP contribution in [0.1, 0.15) is 50.5 Å². The smallest absolute Gasteiger partial charge is 0.238 e. The van der Waals surface area contributed by atoms with Crippen molar-refractivity contribution in [3.8, 4) is 5.75 Å². The Kier molecular flexibility index (Phi) is 7.58. The number of para-hydroxylation sites is 2. The normalized spacial score (nSPS) is 16.1. The van der Waals surface area contributed by atoms with Crippen molar-refractivity contribution in [1.29, 1.82) is 0 Å². The average molecular weight is 413 g/mol. The van der Waals surface area contributed by atoms with Crippen molar-refractivity contribution < 1.29 is 14.3 Å². The van der Waals surface area contributed by atoms with Crippen LogP contribution in [0, 0.1) is 0 Å². The number of rotatable bonds is 9. The van der Waals surface area contributed by atoms with Gasteiger partial charge in [-0.1, -0.05) is 44.0 Å². The second kappa shape index (κ2) is 10.3. The molecule has 1 fully saturated rings. The van der Waals surface area contributed by atoms with E-state index < -0.39 is 0 Å². The molecule has 29 heavy (non-hydrogen) atoms. The van der Waals surface area contributed by atoms with Crippen molar-refractivity contribution >= 4 is 35.0 Å². The fourth-order valence-electron chi connectivity index (χ4n) is 3.35. The third-order valence-electron chi connectivity index (χ3n) is 4.78. The molecule has 154 valence electrons. The lowest BCUT2D eigenvalue weighted by atomic mass is 10.1. The number of nitrogens with one attached hydrogen (secondary N) is 1. The molecule has 5 nitrogen and oxygen atoms in total. The van der Waals surface area contributed by atoms with E-state index in [2.05, 4.69) is 12.2 Å². The first-order chi connectivity index (χ1) is 14.1. The van der Waals surface area contributed by atoms with Gasteiger partial charge in [-0.05, 0) is 43.2 Å². The summed E-state index contributed by atoms with van der Waals surface area (Å²) in [6.07, 6.45) is 3.63. The van der Waals surface area contributed by atoms with Crippen LogP contribution < -0.4 is 15.0 Å². The van der Waals surface area contributed by atoms with Gasteiger partial charge < -0.3 is 10.1 Å². The Morgan fingerprint density at radius 3 is 2.62 bits per heavy atom. The molecule has 2 aromatic rings. The highest BCUT2D eigenvalue weighted by Gasteiger charge is 2.35. The third kappa shape index (κ3) is 5.32. The van der Waals surface area contributed by atoms with E-state index in [4.69, 9.17) is 4.74 Å². The minimum Gasteiger partial charge on any atom is -0.492 e. The van der Waals surface area contributed by atoms with Gasteiger partial charge in [0.25, 0.3) is 0 Å². The fraction of sp³-hybridized carbons (Fsp3) is 0.391. The van der Waals surface area contributed by atoms with E-state index in [9.17, 15) is 9.59 Å². The molecule has 1 N–H and O–H groups in total. The first-order valence-electron chi connectivity index (χ1n) is 10.2. The van der Waals surface area contributed by atoms with Crippen molar-refractivity contribution in [2.24, 2.45) is 0 Å². The molecule has 2 aromatic carbocycles. The minimum absolute atomic E-state index is 0.0453. The number of benzene rings is 2. The Bertz CT molecular complexity index is 838. The number of carbonyl (C=O) groups excluding carboxylic acids is 2. The molecule has 6 heteroatoms. The Morgan fingerprint density at radius 2 is 1.90 bits per heavy atom. The molecule has 1 atom stereocenters. The molecule has 1 aliphatic heterocycles. The highest BCUT2D eigenvalue weighted by Crippen LogP contribution is 2.44. The molecule has 0 radical (unpaired) electrons. The van der Waals surface area contributed by atoms with E-state index in [1.165, 1.54) is 0 Å². The number of unbranched alkanes of at least 4 members (excludes halogenated alkanes) is 2. The first kappa shape index (κ1) is 21.2. The first-order valence-corrected chi connectivity index (χ1v) is 11.2. The SMILES string of the molecule is CCCCCC(=O)Nc1ccc([C@@H]2SCC(=O)N2c2ccccc2OCC)cc1. The third-order valence-corrected chi connectivity index (χ3v) is 5.99. The van der Waals surface area contributed by atoms with Gasteiger partial charge in [-0.25, -0.2) is 0 Å². The molecular formula is C23H28N2O3S. The number of anilines is 2. The summed E-state index contributed by atoms with van der Waals surface area (Å²) >= 11 is 1.60. The quantitative estimate of drug-likeness (QED) is 0.562. The van der Waals surface area contributed by atoms with E-state index in [1.54, 1.807) is 11.8 Å². The van der Waals surface area contributed by atoms with Gasteiger partial charge in [0, 0.05) is 12.1 Å². The lowest BCUT2D eigenvalue weighted by molar-refractivity contribution is -0.116. The summed E-state index contributed by atoms with van der Waals surface area (Å²) < 4.78 is 5.73. The molecular weight excluding hydrogens is 384 g/mol. The van der Waals surface area contributed by atoms with Crippen molar-refractivity contribution in [2.45, 2.75) is 44.9 Å². The maximum atomic E-state index is 12.6. The summed E-state index contributed by atoms with van der Waals surface area (Å²) in [4.78, 5) is 26.5. The average Bonchev–Trinajstić information content (AvgIpc) is 3.11. The molecule has 0 unspecified atom stereocenters. The number of nitrogens with zero attached hydrogens (tertiary/aromatic N) is 1. The highest BCUT2D eigenvalue weighted by atomic mass is 32.2. The van der Waals surface area contributed by atoms with Crippen LogP contribution in [0.4, 0.5) is 11.4 Å². The number of amides is 2. The van der Waals surface area contributed by atoms with E-state index >= 15 is 0 Å². The van der Waals surface area contributed by atoms with Crippen molar-refractivity contribution in [3.63, 3.8) is 0 Å². The molecule has 3 rings (SSSR count). The number of carbonyl (C=O) groups is 2. The maximum Gasteiger partial charge on any atom is 0.238 e. The topological polar surface area (TPSA) is 58.6 Å². The summed E-state index contributed by atoms with van der Waals surface area (Å²) in [5.41, 5.74) is 2.60. The number of ether oxygens (including phenoxy) is 1. The summed E-state index contributed by atoms with van der Waals surface area (Å²) in [6, 6.07) is 15.4. The number of thioether (sulfide) groups is 1. The molecule has 0 aliphatic carbocycles. The Hall–Kier alpha value is -2.47. The number of hydrogen-bond donors (Lipinski definition) is 1. The predicted octanol–water partition coefficient (Wildman–Crippen LogP) is 5.38. The fourth-order valence-corrected chi connectivity index (χ4v) is 4.52. The summed E-state index contributed by atoms with van der Waals surface area (Å²) in [5.74, 6) is 1.26. The van der Waals surface area contributed by atoms with Crippen molar-refractivity contribution in [1.82, 2.24) is 0 Å². The second-order valence-corrected chi connectivity index (χ2v) is 8.02. The molecule has 1 saturated heterocycles. The van der Waals surface area contributed by atoms with Gasteiger partial charge in [0.15, 0.2) is 0 Å². The van der Waals surface area contributed by atoms with E-state index in [-0.39, 0.29) is 17.2 Å². The lowest BCUT2D eigenvalue weighted by Gasteiger charge is -2.26. The van der Waals surface area contributed by atoms with E-state index in [0.29, 0.717) is 24.5 Å². The number of hydrogen-bond acceptors (Lipinski definition) is 4. The van der Waals surface area contributed by atoms with Crippen molar-refractivity contribution in [3.05, 3.63) is 54.1 Å². The van der Waals surface area contributed by atoms with Gasteiger partial charge in [0.05, 0.1) is 18.0 Å². The summed E-state index contributed by atoms with van der Waals surface area (Å²) in [6.45, 7) is 4.60. The zero-order valence-corrected chi connectivity index (χ0v) is 17.8. The molecule has 1 aliphatic rings. The maximum absolute atomic E-state index is 12.6. The zero-order chi connectivity index (χ0) is 20.6. The standard InChI is InChI=1S/C23H28N2O3S/c1-3-5-6-11-21(26)24-18-14-12-17(13-15-18)23-25(22(27)16-29-23)19-9-7-8-10-20(19)28-4-2/h7-10,12-15,23H,3-6,11,16H2,1-2H3,(H,24,26)/t23-/m0/s1.